The number of nitrogens with zero attached hydrogens (tertiary/aromatic N) is 3. The molecule has 4 nitrogen and oxygen atoms in total. The first kappa shape index (κ1) is 10.5. The third-order valence-corrected chi connectivity index (χ3v) is 2.46. The molecule has 0 aliphatic carbocycles. The van der Waals surface area contributed by atoms with Gasteiger partial charge in [0.2, 0.25) is 0 Å². The molecule has 2 aromatic heterocycles. The monoisotopic (exact) mass is 219 g/mol. The number of halogens is 1. The summed E-state index contributed by atoms with van der Waals surface area (Å²) in [5.74, 6) is -0.405. The summed E-state index contributed by atoms with van der Waals surface area (Å²) in [5.41, 5.74) is 2.34. The van der Waals surface area contributed by atoms with E-state index in [1.807, 2.05) is 6.92 Å². The fraction of sp³-hybridized carbons (Fsp3) is 0.182. The fourth-order valence-corrected chi connectivity index (χ4v) is 1.56. The first-order chi connectivity index (χ1) is 7.63. The molecule has 0 unspecified atom stereocenters. The molecular weight excluding hydrogens is 209 g/mol. The quantitative estimate of drug-likeness (QED) is 0.723. The molecule has 2 aromatic rings. The highest BCUT2D eigenvalue weighted by Gasteiger charge is 2.15. The van der Waals surface area contributed by atoms with E-state index in [0.717, 1.165) is 11.9 Å². The Balaban J connectivity index is 2.62. The Bertz CT molecular complexity index is 531. The highest BCUT2D eigenvalue weighted by atomic mass is 19.1. The van der Waals surface area contributed by atoms with Gasteiger partial charge in [-0.1, -0.05) is 0 Å². The molecule has 0 bridgehead atoms. The summed E-state index contributed by atoms with van der Waals surface area (Å²) in [6.07, 6.45) is 1.80. The van der Waals surface area contributed by atoms with Gasteiger partial charge in [0.15, 0.2) is 6.29 Å². The summed E-state index contributed by atoms with van der Waals surface area (Å²) >= 11 is 0. The van der Waals surface area contributed by atoms with Gasteiger partial charge in [-0.05, 0) is 19.1 Å². The molecule has 0 aromatic carbocycles. The van der Waals surface area contributed by atoms with E-state index in [-0.39, 0.29) is 0 Å². The molecule has 0 spiro atoms. The second-order valence-electron chi connectivity index (χ2n) is 3.45. The predicted octanol–water partition coefficient (Wildman–Crippen LogP) is 1.74. The number of carbonyl (C=O) groups excluding carboxylic acids is 1. The number of carbonyl (C=O) groups is 1. The maximum Gasteiger partial charge on any atom is 0.171 e. The minimum absolute atomic E-state index is 0.319. The number of rotatable bonds is 2. The van der Waals surface area contributed by atoms with Gasteiger partial charge in [0.1, 0.15) is 11.5 Å². The highest BCUT2D eigenvalue weighted by Crippen LogP contribution is 2.23. The molecule has 2 heterocycles. The van der Waals surface area contributed by atoms with Crippen LogP contribution in [0.1, 0.15) is 16.2 Å². The molecule has 0 saturated carbocycles. The van der Waals surface area contributed by atoms with E-state index >= 15 is 0 Å². The molecule has 0 radical (unpaired) electrons. The van der Waals surface area contributed by atoms with Crippen molar-refractivity contribution in [2.24, 2.45) is 7.05 Å². The topological polar surface area (TPSA) is 47.8 Å². The number of hydrogen-bond donors (Lipinski definition) is 0. The minimum atomic E-state index is -0.405. The maximum atomic E-state index is 12.7. The zero-order valence-electron chi connectivity index (χ0n) is 8.94. The Hall–Kier alpha value is -2.04. The number of aldehydes is 1. The Morgan fingerprint density at radius 1 is 1.44 bits per heavy atom. The molecule has 0 saturated heterocycles. The van der Waals surface area contributed by atoms with Crippen molar-refractivity contribution in [3.63, 3.8) is 0 Å². The third kappa shape index (κ3) is 1.60. The van der Waals surface area contributed by atoms with Crippen LogP contribution in [0.15, 0.2) is 18.3 Å². The van der Waals surface area contributed by atoms with Gasteiger partial charge < -0.3 is 0 Å². The fourth-order valence-electron chi connectivity index (χ4n) is 1.56. The van der Waals surface area contributed by atoms with Gasteiger partial charge in [-0.15, -0.1) is 0 Å². The second-order valence-corrected chi connectivity index (χ2v) is 3.45. The summed E-state index contributed by atoms with van der Waals surface area (Å²) < 4.78 is 14.3. The van der Waals surface area contributed by atoms with Crippen molar-refractivity contribution in [3.05, 3.63) is 35.5 Å². The van der Waals surface area contributed by atoms with Crippen molar-refractivity contribution >= 4 is 6.29 Å². The number of aromatic nitrogens is 3. The summed E-state index contributed by atoms with van der Waals surface area (Å²) in [4.78, 5) is 14.8. The van der Waals surface area contributed by atoms with Crippen LogP contribution in [0.3, 0.4) is 0 Å². The van der Waals surface area contributed by atoms with E-state index in [1.165, 1.54) is 12.1 Å². The van der Waals surface area contributed by atoms with Crippen LogP contribution in [0.5, 0.6) is 0 Å². The molecule has 16 heavy (non-hydrogen) atoms. The van der Waals surface area contributed by atoms with Gasteiger partial charge in [-0.2, -0.15) is 5.10 Å². The lowest BCUT2D eigenvalue weighted by molar-refractivity contribution is 0.111. The molecule has 2 rings (SSSR count). The van der Waals surface area contributed by atoms with Crippen LogP contribution >= 0.6 is 0 Å². The summed E-state index contributed by atoms with van der Waals surface area (Å²) in [6.45, 7) is 1.83. The normalized spacial score (nSPS) is 10.4. The molecule has 0 aliphatic heterocycles. The van der Waals surface area contributed by atoms with Crippen molar-refractivity contribution in [3.8, 4) is 11.3 Å². The Labute approximate surface area is 91.7 Å². The molecule has 0 atom stereocenters. The lowest BCUT2D eigenvalue weighted by atomic mass is 10.1. The smallest absolute Gasteiger partial charge is 0.171 e. The SMILES string of the molecule is Cc1c(-c2ccc(F)cn2)c(C=O)nn1C. The number of pyridine rings is 1. The van der Waals surface area contributed by atoms with Gasteiger partial charge >= 0.3 is 0 Å². The first-order valence-electron chi connectivity index (χ1n) is 4.74. The lowest BCUT2D eigenvalue weighted by Gasteiger charge is -2.00. The van der Waals surface area contributed by atoms with Crippen molar-refractivity contribution in [1.29, 1.82) is 0 Å². The molecular formula is C11H10FN3O. The molecule has 0 N–H and O–H groups in total. The van der Waals surface area contributed by atoms with E-state index in [2.05, 4.69) is 10.1 Å². The van der Waals surface area contributed by atoms with Crippen LogP contribution in [0, 0.1) is 12.7 Å². The van der Waals surface area contributed by atoms with Crippen LogP contribution in [-0.2, 0) is 7.05 Å². The van der Waals surface area contributed by atoms with Gasteiger partial charge in [0, 0.05) is 12.7 Å². The van der Waals surface area contributed by atoms with E-state index in [0.29, 0.717) is 23.2 Å². The van der Waals surface area contributed by atoms with Crippen molar-refractivity contribution < 1.29 is 9.18 Å². The standard InChI is InChI=1S/C11H10FN3O/c1-7-11(10(6-16)14-15(7)2)9-4-3-8(12)5-13-9/h3-6H,1-2H3. The molecule has 0 aliphatic rings. The van der Waals surface area contributed by atoms with Gasteiger partial charge in [0.05, 0.1) is 17.5 Å². The first-order valence-corrected chi connectivity index (χ1v) is 4.74. The Morgan fingerprint density at radius 2 is 2.19 bits per heavy atom. The zero-order valence-corrected chi connectivity index (χ0v) is 8.94. The van der Waals surface area contributed by atoms with Crippen molar-refractivity contribution in [1.82, 2.24) is 14.8 Å². The van der Waals surface area contributed by atoms with E-state index in [1.54, 1.807) is 11.7 Å². The molecule has 82 valence electrons. The van der Waals surface area contributed by atoms with Gasteiger partial charge in [-0.3, -0.25) is 14.5 Å². The number of aryl methyl sites for hydroxylation is 1. The second kappa shape index (κ2) is 3.84. The van der Waals surface area contributed by atoms with Crippen molar-refractivity contribution in [2.75, 3.05) is 0 Å². The largest absolute Gasteiger partial charge is 0.296 e. The average molecular weight is 219 g/mol. The van der Waals surface area contributed by atoms with E-state index < -0.39 is 5.82 Å². The van der Waals surface area contributed by atoms with Crippen LogP contribution in [-0.4, -0.2) is 21.1 Å². The zero-order chi connectivity index (χ0) is 11.7. The lowest BCUT2D eigenvalue weighted by Crippen LogP contribution is -1.93. The highest BCUT2D eigenvalue weighted by molar-refractivity contribution is 5.85. The molecule has 5 heteroatoms. The minimum Gasteiger partial charge on any atom is -0.296 e. The summed E-state index contributed by atoms with van der Waals surface area (Å²) in [5, 5.41) is 4.04. The van der Waals surface area contributed by atoms with E-state index in [9.17, 15) is 9.18 Å². The van der Waals surface area contributed by atoms with Crippen molar-refractivity contribution in [2.45, 2.75) is 6.92 Å². The maximum absolute atomic E-state index is 12.7. The molecule has 0 amide bonds. The average Bonchev–Trinajstić information content (AvgIpc) is 2.57. The number of hydrogen-bond acceptors (Lipinski definition) is 3. The van der Waals surface area contributed by atoms with Crippen LogP contribution in [0.4, 0.5) is 4.39 Å². The Kier molecular flexibility index (Phi) is 2.52. The van der Waals surface area contributed by atoms with Crippen LogP contribution in [0.25, 0.3) is 11.3 Å². The van der Waals surface area contributed by atoms with Gasteiger partial charge in [-0.25, -0.2) is 4.39 Å². The summed E-state index contributed by atoms with van der Waals surface area (Å²) in [7, 11) is 1.75. The van der Waals surface area contributed by atoms with Crippen LogP contribution in [0.2, 0.25) is 0 Å². The Morgan fingerprint density at radius 3 is 2.75 bits per heavy atom. The summed E-state index contributed by atoms with van der Waals surface area (Å²) in [6, 6.07) is 2.84. The van der Waals surface area contributed by atoms with Gasteiger partial charge in [0.25, 0.3) is 0 Å². The van der Waals surface area contributed by atoms with E-state index in [4.69, 9.17) is 0 Å². The molecule has 0 fully saturated rings. The third-order valence-electron chi connectivity index (χ3n) is 2.46. The predicted molar refractivity (Wildman–Crippen MR) is 56.5 cm³/mol. The van der Waals surface area contributed by atoms with Crippen LogP contribution < -0.4 is 0 Å².